The van der Waals surface area contributed by atoms with E-state index in [0.717, 1.165) is 56.3 Å². The molecule has 0 saturated heterocycles. The lowest BCUT2D eigenvalue weighted by atomic mass is 9.96. The third-order valence-corrected chi connectivity index (χ3v) is 10.3. The Labute approximate surface area is 262 Å². The van der Waals surface area contributed by atoms with E-state index in [1.807, 2.05) is 23.5 Å². The Hall–Kier alpha value is -5.52. The van der Waals surface area contributed by atoms with Gasteiger partial charge in [-0.2, -0.15) is 0 Å². The lowest BCUT2D eigenvalue weighted by molar-refractivity contribution is 0.671. The van der Waals surface area contributed by atoms with Crippen LogP contribution in [0.1, 0.15) is 18.0 Å². The van der Waals surface area contributed by atoms with E-state index in [9.17, 15) is 0 Å². The number of furan rings is 1. The number of thiophene rings is 1. The minimum Gasteiger partial charge on any atom is -0.454 e. The van der Waals surface area contributed by atoms with E-state index in [1.165, 1.54) is 30.9 Å². The van der Waals surface area contributed by atoms with Crippen molar-refractivity contribution in [3.63, 3.8) is 0 Å². The van der Waals surface area contributed by atoms with Crippen LogP contribution >= 0.6 is 11.3 Å². The van der Waals surface area contributed by atoms with Crippen molar-refractivity contribution < 1.29 is 4.42 Å². The summed E-state index contributed by atoms with van der Waals surface area (Å²) in [5.41, 5.74) is 6.81. The van der Waals surface area contributed by atoms with Crippen molar-refractivity contribution in [3.8, 4) is 17.2 Å². The summed E-state index contributed by atoms with van der Waals surface area (Å²) < 4.78 is 11.6. The molecule has 45 heavy (non-hydrogen) atoms. The molecule has 1 aliphatic carbocycles. The number of rotatable bonds is 3. The zero-order valence-electron chi connectivity index (χ0n) is 24.1. The normalized spacial score (nSPS) is 15.1. The molecule has 0 spiro atoms. The van der Waals surface area contributed by atoms with E-state index in [-0.39, 0.29) is 5.92 Å². The molecule has 5 aromatic carbocycles. The Bertz CT molecular complexity index is 2690. The topological polar surface area (TPSA) is 43.9 Å². The molecule has 10 rings (SSSR count). The first kappa shape index (κ1) is 24.9. The van der Waals surface area contributed by atoms with E-state index in [4.69, 9.17) is 14.4 Å². The molecule has 1 unspecified atom stereocenters. The molecule has 0 saturated carbocycles. The third kappa shape index (κ3) is 3.59. The van der Waals surface area contributed by atoms with Crippen molar-refractivity contribution in [2.45, 2.75) is 12.3 Å². The van der Waals surface area contributed by atoms with Crippen LogP contribution in [0.4, 0.5) is 0 Å². The lowest BCUT2D eigenvalue weighted by Crippen LogP contribution is -2.08. The average molecular weight is 596 g/mol. The predicted molar refractivity (Wildman–Crippen MR) is 188 cm³/mol. The standard InChI is InChI=1S/C40H25N3OS/c1-3-13-24(14-4-1)29-23-30(25-15-5-2-6-16-25)42-40(41-29)43-31-20-10-7-17-26(31)36-37(43)38-34(27-18-8-11-21-32(27)44-38)35-28-19-9-12-22-33(28)45-39(35)36/h1-15,17-23,25H,16H2. The molecule has 0 bridgehead atoms. The van der Waals surface area contributed by atoms with Crippen LogP contribution in [0.5, 0.6) is 0 Å². The summed E-state index contributed by atoms with van der Waals surface area (Å²) >= 11 is 1.85. The molecule has 0 N–H and O–H groups in total. The van der Waals surface area contributed by atoms with Crippen LogP contribution in [-0.4, -0.2) is 14.5 Å². The zero-order chi connectivity index (χ0) is 29.5. The average Bonchev–Trinajstić information content (AvgIpc) is 3.78. The first-order valence-electron chi connectivity index (χ1n) is 15.3. The van der Waals surface area contributed by atoms with Gasteiger partial charge in [-0.05, 0) is 30.7 Å². The third-order valence-electron chi connectivity index (χ3n) is 9.12. The van der Waals surface area contributed by atoms with Gasteiger partial charge in [-0.1, -0.05) is 109 Å². The quantitative estimate of drug-likeness (QED) is 0.204. The number of fused-ring (bicyclic) bond motifs is 12. The molecular formula is C40H25N3OS. The van der Waals surface area contributed by atoms with Gasteiger partial charge in [0.05, 0.1) is 16.9 Å². The van der Waals surface area contributed by atoms with Crippen LogP contribution in [0.3, 0.4) is 0 Å². The Morgan fingerprint density at radius 1 is 0.711 bits per heavy atom. The van der Waals surface area contributed by atoms with E-state index < -0.39 is 0 Å². The summed E-state index contributed by atoms with van der Waals surface area (Å²) in [7, 11) is 0. The van der Waals surface area contributed by atoms with Crippen LogP contribution in [0, 0.1) is 0 Å². The van der Waals surface area contributed by atoms with Crippen molar-refractivity contribution in [1.82, 2.24) is 14.5 Å². The molecule has 4 aromatic heterocycles. The maximum Gasteiger partial charge on any atom is 0.235 e. The van der Waals surface area contributed by atoms with Gasteiger partial charge in [-0.15, -0.1) is 11.3 Å². The molecule has 0 amide bonds. The van der Waals surface area contributed by atoms with Gasteiger partial charge in [0.1, 0.15) is 11.1 Å². The van der Waals surface area contributed by atoms with Crippen LogP contribution in [0.25, 0.3) is 81.1 Å². The van der Waals surface area contributed by atoms with Gasteiger partial charge in [-0.3, -0.25) is 4.57 Å². The van der Waals surface area contributed by atoms with Gasteiger partial charge >= 0.3 is 0 Å². The molecule has 5 heteroatoms. The fraction of sp³-hybridized carbons (Fsp3) is 0.0500. The highest BCUT2D eigenvalue weighted by atomic mass is 32.1. The summed E-state index contributed by atoms with van der Waals surface area (Å²) in [6, 6.07) is 38.3. The lowest BCUT2D eigenvalue weighted by Gasteiger charge is -2.16. The molecular weight excluding hydrogens is 571 g/mol. The molecule has 212 valence electrons. The maximum absolute atomic E-state index is 6.85. The van der Waals surface area contributed by atoms with Gasteiger partial charge in [0.25, 0.3) is 0 Å². The summed E-state index contributed by atoms with van der Waals surface area (Å²) in [4.78, 5) is 10.6. The second-order valence-electron chi connectivity index (χ2n) is 11.7. The van der Waals surface area contributed by atoms with Crippen molar-refractivity contribution in [2.24, 2.45) is 0 Å². The Morgan fingerprint density at radius 2 is 1.49 bits per heavy atom. The second-order valence-corrected chi connectivity index (χ2v) is 12.7. The van der Waals surface area contributed by atoms with Crippen LogP contribution in [-0.2, 0) is 0 Å². The van der Waals surface area contributed by atoms with Crippen molar-refractivity contribution in [1.29, 1.82) is 0 Å². The number of hydrogen-bond donors (Lipinski definition) is 0. The van der Waals surface area contributed by atoms with Gasteiger partial charge in [0.15, 0.2) is 5.58 Å². The van der Waals surface area contributed by atoms with E-state index in [0.29, 0.717) is 5.95 Å². The van der Waals surface area contributed by atoms with Crippen LogP contribution in [0.15, 0.2) is 138 Å². The van der Waals surface area contributed by atoms with E-state index in [1.54, 1.807) is 0 Å². The minimum atomic E-state index is 0.174. The van der Waals surface area contributed by atoms with Gasteiger partial charge in [-0.25, -0.2) is 9.97 Å². The SMILES string of the molecule is C1=CCC(c2cc(-c3ccccc3)nc(-n3c4ccccc4c4c5sc6ccccc6c5c5c6ccccc6oc5c43)n2)C=C1. The van der Waals surface area contributed by atoms with Crippen molar-refractivity contribution >= 4 is 75.3 Å². The number of nitrogens with zero attached hydrogens (tertiary/aromatic N) is 3. The number of allylic oxidation sites excluding steroid dienone is 4. The number of aromatic nitrogens is 3. The first-order chi connectivity index (χ1) is 22.3. The molecule has 0 aliphatic heterocycles. The molecule has 1 atom stereocenters. The number of benzene rings is 5. The zero-order valence-corrected chi connectivity index (χ0v) is 25.0. The molecule has 9 aromatic rings. The monoisotopic (exact) mass is 595 g/mol. The molecule has 4 nitrogen and oxygen atoms in total. The molecule has 1 aliphatic rings. The Morgan fingerprint density at radius 3 is 2.36 bits per heavy atom. The fourth-order valence-corrected chi connectivity index (χ4v) is 8.39. The van der Waals surface area contributed by atoms with Gasteiger partial charge in [0.2, 0.25) is 5.95 Å². The fourth-order valence-electron chi connectivity index (χ4n) is 7.12. The van der Waals surface area contributed by atoms with Gasteiger partial charge in [0, 0.05) is 53.2 Å². The van der Waals surface area contributed by atoms with Crippen molar-refractivity contribution in [3.05, 3.63) is 139 Å². The van der Waals surface area contributed by atoms with E-state index >= 15 is 0 Å². The highest BCUT2D eigenvalue weighted by molar-refractivity contribution is 7.27. The summed E-state index contributed by atoms with van der Waals surface area (Å²) in [5, 5.41) is 7.14. The largest absolute Gasteiger partial charge is 0.454 e. The van der Waals surface area contributed by atoms with Crippen LogP contribution in [0.2, 0.25) is 0 Å². The summed E-state index contributed by atoms with van der Waals surface area (Å²) in [6.45, 7) is 0. The first-order valence-corrected chi connectivity index (χ1v) is 16.1. The highest BCUT2D eigenvalue weighted by Gasteiger charge is 2.27. The van der Waals surface area contributed by atoms with Crippen LogP contribution < -0.4 is 0 Å². The smallest absolute Gasteiger partial charge is 0.235 e. The summed E-state index contributed by atoms with van der Waals surface area (Å²) in [6.07, 6.45) is 9.59. The van der Waals surface area contributed by atoms with E-state index in [2.05, 4.69) is 126 Å². The van der Waals surface area contributed by atoms with Crippen molar-refractivity contribution in [2.75, 3.05) is 0 Å². The molecule has 4 heterocycles. The number of hydrogen-bond acceptors (Lipinski definition) is 4. The Balaban J connectivity index is 1.42. The highest BCUT2D eigenvalue weighted by Crippen LogP contribution is 2.50. The second kappa shape index (κ2) is 9.49. The minimum absolute atomic E-state index is 0.174. The summed E-state index contributed by atoms with van der Waals surface area (Å²) in [5.74, 6) is 0.829. The predicted octanol–water partition coefficient (Wildman–Crippen LogP) is 11.1. The number of para-hydroxylation sites is 2. The molecule has 0 radical (unpaired) electrons. The molecule has 0 fully saturated rings. The Kier molecular flexibility index (Phi) is 5.24. The maximum atomic E-state index is 6.85. The van der Waals surface area contributed by atoms with Gasteiger partial charge < -0.3 is 4.42 Å².